The normalized spacial score (nSPS) is 31.6. The summed E-state index contributed by atoms with van der Waals surface area (Å²) in [6.45, 7) is 9.28. The summed E-state index contributed by atoms with van der Waals surface area (Å²) in [7, 11) is 0. The molecule has 0 N–H and O–H groups in total. The molecular formula is C10H18. The van der Waals surface area contributed by atoms with Crippen LogP contribution in [0.5, 0.6) is 0 Å². The van der Waals surface area contributed by atoms with Crippen molar-refractivity contribution < 1.29 is 0 Å². The van der Waals surface area contributed by atoms with Crippen molar-refractivity contribution in [3.05, 3.63) is 11.6 Å². The van der Waals surface area contributed by atoms with E-state index in [0.29, 0.717) is 5.41 Å². The van der Waals surface area contributed by atoms with Crippen LogP contribution in [-0.4, -0.2) is 0 Å². The molecule has 0 amide bonds. The monoisotopic (exact) mass is 138 g/mol. The van der Waals surface area contributed by atoms with E-state index in [9.17, 15) is 0 Å². The van der Waals surface area contributed by atoms with E-state index in [1.54, 1.807) is 5.57 Å². The second-order valence-electron chi connectivity index (χ2n) is 4.32. The maximum atomic E-state index is 2.40. The Morgan fingerprint density at radius 3 is 2.50 bits per heavy atom. The lowest BCUT2D eigenvalue weighted by atomic mass is 9.72. The summed E-state index contributed by atoms with van der Waals surface area (Å²) >= 11 is 0. The summed E-state index contributed by atoms with van der Waals surface area (Å²) in [4.78, 5) is 0. The van der Waals surface area contributed by atoms with Crippen LogP contribution >= 0.6 is 0 Å². The smallest absolute Gasteiger partial charge is 0.0145 e. The fraction of sp³-hybridized carbons (Fsp3) is 0.800. The fourth-order valence-electron chi connectivity index (χ4n) is 1.77. The first-order valence-corrected chi connectivity index (χ1v) is 4.19. The lowest BCUT2D eigenvalue weighted by molar-refractivity contribution is 0.309. The van der Waals surface area contributed by atoms with Crippen LogP contribution in [0.25, 0.3) is 0 Å². The average Bonchev–Trinajstić information content (AvgIpc) is 1.78. The second kappa shape index (κ2) is 2.41. The van der Waals surface area contributed by atoms with Crippen LogP contribution < -0.4 is 0 Å². The fourth-order valence-corrected chi connectivity index (χ4v) is 1.77. The Kier molecular flexibility index (Phi) is 1.89. The lowest BCUT2D eigenvalue weighted by Gasteiger charge is -2.33. The second-order valence-corrected chi connectivity index (χ2v) is 4.32. The molecule has 0 heterocycles. The summed E-state index contributed by atoms with van der Waals surface area (Å²) in [5.74, 6) is 0.888. The highest BCUT2D eigenvalue weighted by atomic mass is 14.3. The van der Waals surface area contributed by atoms with Gasteiger partial charge in [0.1, 0.15) is 0 Å². The Balaban J connectivity index is 2.76. The lowest BCUT2D eigenvalue weighted by Crippen LogP contribution is -2.20. The van der Waals surface area contributed by atoms with Gasteiger partial charge >= 0.3 is 0 Å². The molecule has 0 aromatic carbocycles. The molecule has 10 heavy (non-hydrogen) atoms. The molecule has 0 nitrogen and oxygen atoms in total. The van der Waals surface area contributed by atoms with E-state index >= 15 is 0 Å². The summed E-state index contributed by atoms with van der Waals surface area (Å²) in [6, 6.07) is 0. The van der Waals surface area contributed by atoms with Gasteiger partial charge in [-0.3, -0.25) is 0 Å². The van der Waals surface area contributed by atoms with E-state index in [0.717, 1.165) is 5.92 Å². The van der Waals surface area contributed by atoms with E-state index in [4.69, 9.17) is 0 Å². The van der Waals surface area contributed by atoms with Gasteiger partial charge in [0.25, 0.3) is 0 Å². The summed E-state index contributed by atoms with van der Waals surface area (Å²) in [5, 5.41) is 0. The van der Waals surface area contributed by atoms with E-state index in [-0.39, 0.29) is 0 Å². The zero-order valence-corrected chi connectivity index (χ0v) is 7.57. The Bertz CT molecular complexity index is 151. The molecule has 0 aromatic heterocycles. The van der Waals surface area contributed by atoms with E-state index in [1.807, 2.05) is 0 Å². The quantitative estimate of drug-likeness (QED) is 0.450. The van der Waals surface area contributed by atoms with Gasteiger partial charge in [0, 0.05) is 0 Å². The van der Waals surface area contributed by atoms with Crippen molar-refractivity contribution in [3.8, 4) is 0 Å². The first kappa shape index (κ1) is 7.84. The van der Waals surface area contributed by atoms with E-state index < -0.39 is 0 Å². The number of hydrogen-bond acceptors (Lipinski definition) is 0. The summed E-state index contributed by atoms with van der Waals surface area (Å²) in [5.41, 5.74) is 2.04. The zero-order chi connectivity index (χ0) is 7.78. The van der Waals surface area contributed by atoms with Crippen molar-refractivity contribution in [1.29, 1.82) is 0 Å². The number of allylic oxidation sites excluding steroid dienone is 2. The first-order chi connectivity index (χ1) is 4.52. The molecule has 0 saturated heterocycles. The minimum absolute atomic E-state index is 0.470. The van der Waals surface area contributed by atoms with E-state index in [2.05, 4.69) is 33.8 Å². The van der Waals surface area contributed by atoms with Gasteiger partial charge in [-0.1, -0.05) is 32.4 Å². The SMILES string of the molecule is CC1=CCC(C)CC1(C)C. The average molecular weight is 138 g/mol. The molecule has 0 saturated carbocycles. The maximum Gasteiger partial charge on any atom is -0.0145 e. The van der Waals surface area contributed by atoms with Gasteiger partial charge < -0.3 is 0 Å². The third-order valence-corrected chi connectivity index (χ3v) is 2.75. The Morgan fingerprint density at radius 2 is 2.10 bits per heavy atom. The van der Waals surface area contributed by atoms with E-state index in [1.165, 1.54) is 12.8 Å². The molecule has 0 bridgehead atoms. The van der Waals surface area contributed by atoms with Crippen LogP contribution in [0, 0.1) is 11.3 Å². The standard InChI is InChI=1S/C10H18/c1-8-5-6-9(2)10(3,4)7-8/h6,8H,5,7H2,1-4H3. The van der Waals surface area contributed by atoms with Crippen LogP contribution in [0.4, 0.5) is 0 Å². The highest BCUT2D eigenvalue weighted by Gasteiger charge is 2.25. The maximum absolute atomic E-state index is 2.40. The van der Waals surface area contributed by atoms with Crippen molar-refractivity contribution in [1.82, 2.24) is 0 Å². The predicted octanol–water partition coefficient (Wildman–Crippen LogP) is 3.39. The highest BCUT2D eigenvalue weighted by molar-refractivity contribution is 5.12. The van der Waals surface area contributed by atoms with Crippen LogP contribution in [0.2, 0.25) is 0 Å². The minimum atomic E-state index is 0.470. The summed E-state index contributed by atoms with van der Waals surface area (Å²) in [6.07, 6.45) is 5.04. The highest BCUT2D eigenvalue weighted by Crippen LogP contribution is 2.38. The molecule has 0 aromatic rings. The van der Waals surface area contributed by atoms with Crippen molar-refractivity contribution in [3.63, 3.8) is 0 Å². The van der Waals surface area contributed by atoms with Gasteiger partial charge in [0.05, 0.1) is 0 Å². The zero-order valence-electron chi connectivity index (χ0n) is 7.57. The third-order valence-electron chi connectivity index (χ3n) is 2.75. The Morgan fingerprint density at radius 1 is 1.50 bits per heavy atom. The van der Waals surface area contributed by atoms with Crippen molar-refractivity contribution in [2.75, 3.05) is 0 Å². The topological polar surface area (TPSA) is 0 Å². The molecule has 1 unspecified atom stereocenters. The van der Waals surface area contributed by atoms with Gasteiger partial charge in [-0.05, 0) is 31.1 Å². The largest absolute Gasteiger partial charge is 0.0848 e. The molecule has 1 aliphatic carbocycles. The van der Waals surface area contributed by atoms with Gasteiger partial charge in [-0.15, -0.1) is 0 Å². The summed E-state index contributed by atoms with van der Waals surface area (Å²) < 4.78 is 0. The molecule has 0 fully saturated rings. The molecule has 0 heteroatoms. The van der Waals surface area contributed by atoms with Gasteiger partial charge in [0.15, 0.2) is 0 Å². The molecule has 0 aliphatic heterocycles. The number of rotatable bonds is 0. The van der Waals surface area contributed by atoms with Crippen molar-refractivity contribution >= 4 is 0 Å². The van der Waals surface area contributed by atoms with Crippen molar-refractivity contribution in [2.24, 2.45) is 11.3 Å². The minimum Gasteiger partial charge on any atom is -0.0848 e. The Hall–Kier alpha value is -0.260. The van der Waals surface area contributed by atoms with Gasteiger partial charge in [0.2, 0.25) is 0 Å². The van der Waals surface area contributed by atoms with Gasteiger partial charge in [-0.2, -0.15) is 0 Å². The molecular weight excluding hydrogens is 120 g/mol. The van der Waals surface area contributed by atoms with Crippen LogP contribution in [0.3, 0.4) is 0 Å². The first-order valence-electron chi connectivity index (χ1n) is 4.19. The van der Waals surface area contributed by atoms with Crippen LogP contribution in [0.15, 0.2) is 11.6 Å². The van der Waals surface area contributed by atoms with Gasteiger partial charge in [-0.25, -0.2) is 0 Å². The van der Waals surface area contributed by atoms with Crippen LogP contribution in [-0.2, 0) is 0 Å². The third kappa shape index (κ3) is 1.42. The number of hydrogen-bond donors (Lipinski definition) is 0. The molecule has 0 radical (unpaired) electrons. The van der Waals surface area contributed by atoms with Crippen LogP contribution in [0.1, 0.15) is 40.5 Å². The molecule has 0 spiro atoms. The Labute approximate surface area is 64.3 Å². The van der Waals surface area contributed by atoms with Crippen molar-refractivity contribution in [2.45, 2.75) is 40.5 Å². The molecule has 1 rings (SSSR count). The molecule has 1 atom stereocenters. The molecule has 58 valence electrons. The predicted molar refractivity (Wildman–Crippen MR) is 45.9 cm³/mol. The molecule has 1 aliphatic rings.